The van der Waals surface area contributed by atoms with Gasteiger partial charge in [-0.3, -0.25) is 0 Å². The van der Waals surface area contributed by atoms with Crippen molar-refractivity contribution >= 4 is 5.82 Å². The van der Waals surface area contributed by atoms with E-state index in [1.54, 1.807) is 6.20 Å². The van der Waals surface area contributed by atoms with Crippen molar-refractivity contribution in [3.05, 3.63) is 30.7 Å². The number of nitrogens with zero attached hydrogens (tertiary/aromatic N) is 2. The van der Waals surface area contributed by atoms with Gasteiger partial charge in [-0.1, -0.05) is 19.1 Å². The molecule has 1 rings (SSSR count). The second kappa shape index (κ2) is 4.49. The minimum Gasteiger partial charge on any atom is -0.366 e. The third-order valence-corrected chi connectivity index (χ3v) is 1.60. The molecule has 3 heteroatoms. The van der Waals surface area contributed by atoms with Gasteiger partial charge in [-0.25, -0.2) is 9.97 Å². The fourth-order valence-electron chi connectivity index (χ4n) is 0.736. The number of hydrogen-bond donors (Lipinski definition) is 1. The van der Waals surface area contributed by atoms with Gasteiger partial charge >= 0.3 is 0 Å². The van der Waals surface area contributed by atoms with Crippen molar-refractivity contribution in [1.29, 1.82) is 0 Å². The number of rotatable bonds is 4. The largest absolute Gasteiger partial charge is 0.366 e. The molecule has 0 unspecified atom stereocenters. The summed E-state index contributed by atoms with van der Waals surface area (Å²) in [5.41, 5.74) is 1.17. The van der Waals surface area contributed by atoms with E-state index in [-0.39, 0.29) is 0 Å². The Labute approximate surface area is 72.6 Å². The maximum Gasteiger partial charge on any atom is 0.129 e. The molecule has 1 N–H and O–H groups in total. The minimum absolute atomic E-state index is 0.785. The quantitative estimate of drug-likeness (QED) is 0.688. The third-order valence-electron chi connectivity index (χ3n) is 1.60. The van der Waals surface area contributed by atoms with Crippen LogP contribution in [-0.2, 0) is 0 Å². The van der Waals surface area contributed by atoms with Crippen LogP contribution in [0.5, 0.6) is 0 Å². The molecule has 0 spiro atoms. The summed E-state index contributed by atoms with van der Waals surface area (Å²) in [4.78, 5) is 7.84. The van der Waals surface area contributed by atoms with Gasteiger partial charge in [0, 0.05) is 12.7 Å². The molecule has 0 bridgehead atoms. The average Bonchev–Trinajstić information content (AvgIpc) is 2.16. The molecule has 1 aromatic rings. The summed E-state index contributed by atoms with van der Waals surface area (Å²) in [6.45, 7) is 6.75. The fourth-order valence-corrected chi connectivity index (χ4v) is 0.736. The van der Waals surface area contributed by atoms with Crippen molar-refractivity contribution in [2.24, 2.45) is 0 Å². The van der Waals surface area contributed by atoms with Crippen molar-refractivity contribution in [1.82, 2.24) is 9.97 Å². The highest BCUT2D eigenvalue weighted by Gasteiger charge is 1.92. The van der Waals surface area contributed by atoms with E-state index in [0.29, 0.717) is 0 Å². The average molecular weight is 163 g/mol. The van der Waals surface area contributed by atoms with Crippen LogP contribution in [0.3, 0.4) is 0 Å². The summed E-state index contributed by atoms with van der Waals surface area (Å²) in [5, 5.41) is 3.14. The van der Waals surface area contributed by atoms with E-state index in [9.17, 15) is 0 Å². The predicted octanol–water partition coefficient (Wildman–Crippen LogP) is 1.85. The Morgan fingerprint density at radius 2 is 2.50 bits per heavy atom. The highest BCUT2D eigenvalue weighted by atomic mass is 15.0. The topological polar surface area (TPSA) is 37.8 Å². The lowest BCUT2D eigenvalue weighted by molar-refractivity contribution is 1.03. The summed E-state index contributed by atoms with van der Waals surface area (Å²) in [7, 11) is 0. The summed E-state index contributed by atoms with van der Waals surface area (Å²) in [6.07, 6.45) is 4.24. The Morgan fingerprint density at radius 1 is 1.67 bits per heavy atom. The first-order valence-corrected chi connectivity index (χ1v) is 3.99. The Kier molecular flexibility index (Phi) is 3.26. The number of hydrogen-bond acceptors (Lipinski definition) is 3. The molecule has 0 aliphatic heterocycles. The first-order chi connectivity index (χ1) is 5.83. The van der Waals surface area contributed by atoms with Crippen molar-refractivity contribution in [3.8, 4) is 0 Å². The van der Waals surface area contributed by atoms with Gasteiger partial charge in [-0.15, -0.1) is 0 Å². The van der Waals surface area contributed by atoms with Crippen molar-refractivity contribution in [2.75, 3.05) is 11.9 Å². The summed E-state index contributed by atoms with van der Waals surface area (Å²) in [5.74, 6) is 0.847. The lowest BCUT2D eigenvalue weighted by Crippen LogP contribution is -2.04. The molecule has 0 aliphatic rings. The van der Waals surface area contributed by atoms with E-state index in [4.69, 9.17) is 0 Å². The zero-order valence-corrected chi connectivity index (χ0v) is 7.25. The summed E-state index contributed by atoms with van der Waals surface area (Å²) >= 11 is 0. The molecule has 0 atom stereocenters. The van der Waals surface area contributed by atoms with Crippen LogP contribution in [0.2, 0.25) is 0 Å². The Morgan fingerprint density at radius 3 is 3.08 bits per heavy atom. The Bertz CT molecular complexity index is 243. The number of nitrogens with one attached hydrogen (secondary N) is 1. The molecule has 0 fully saturated rings. The fraction of sp³-hybridized carbons (Fsp3) is 0.333. The second-order valence-corrected chi connectivity index (χ2v) is 2.55. The van der Waals surface area contributed by atoms with Crippen LogP contribution in [-0.4, -0.2) is 16.5 Å². The van der Waals surface area contributed by atoms with Crippen LogP contribution in [0.25, 0.3) is 0 Å². The maximum absolute atomic E-state index is 4.02. The van der Waals surface area contributed by atoms with Crippen molar-refractivity contribution < 1.29 is 0 Å². The van der Waals surface area contributed by atoms with Crippen LogP contribution in [0.1, 0.15) is 13.3 Å². The number of anilines is 1. The number of aromatic nitrogens is 2. The van der Waals surface area contributed by atoms with Crippen LogP contribution >= 0.6 is 0 Å². The van der Waals surface area contributed by atoms with Crippen LogP contribution in [0, 0.1) is 0 Å². The lowest BCUT2D eigenvalue weighted by atomic mass is 10.2. The monoisotopic (exact) mass is 163 g/mol. The second-order valence-electron chi connectivity index (χ2n) is 2.55. The zero-order valence-electron chi connectivity index (χ0n) is 7.25. The third kappa shape index (κ3) is 2.70. The van der Waals surface area contributed by atoms with E-state index in [1.807, 2.05) is 6.07 Å². The predicted molar refractivity (Wildman–Crippen MR) is 50.0 cm³/mol. The van der Waals surface area contributed by atoms with Crippen LogP contribution < -0.4 is 5.32 Å². The maximum atomic E-state index is 4.02. The highest BCUT2D eigenvalue weighted by molar-refractivity contribution is 5.33. The summed E-state index contributed by atoms with van der Waals surface area (Å²) in [6, 6.07) is 1.84. The van der Waals surface area contributed by atoms with Gasteiger partial charge in [-0.05, 0) is 12.5 Å². The lowest BCUT2D eigenvalue weighted by Gasteiger charge is -2.04. The normalized spacial score (nSPS) is 9.42. The standard InChI is InChI=1S/C9H13N3/c1-3-8(2)6-11-9-4-5-10-7-12-9/h4-5,7H,2-3,6H2,1H3,(H,10,11,12). The van der Waals surface area contributed by atoms with Crippen LogP contribution in [0.15, 0.2) is 30.7 Å². The smallest absolute Gasteiger partial charge is 0.129 e. The van der Waals surface area contributed by atoms with Gasteiger partial charge < -0.3 is 5.32 Å². The van der Waals surface area contributed by atoms with E-state index < -0.39 is 0 Å². The molecule has 1 heterocycles. The SMILES string of the molecule is C=C(CC)CNc1ccncn1. The van der Waals surface area contributed by atoms with E-state index >= 15 is 0 Å². The molecule has 0 saturated carbocycles. The van der Waals surface area contributed by atoms with Gasteiger partial charge in [0.05, 0.1) is 0 Å². The molecule has 1 aromatic heterocycles. The molecular formula is C9H13N3. The zero-order chi connectivity index (χ0) is 8.81. The van der Waals surface area contributed by atoms with Gasteiger partial charge in [0.2, 0.25) is 0 Å². The molecule has 0 aliphatic carbocycles. The molecule has 12 heavy (non-hydrogen) atoms. The molecule has 64 valence electrons. The van der Waals surface area contributed by atoms with Gasteiger partial charge in [0.25, 0.3) is 0 Å². The molecule has 0 aromatic carbocycles. The minimum atomic E-state index is 0.785. The highest BCUT2D eigenvalue weighted by Crippen LogP contribution is 2.01. The molecule has 0 saturated heterocycles. The first kappa shape index (κ1) is 8.71. The van der Waals surface area contributed by atoms with Crippen molar-refractivity contribution in [2.45, 2.75) is 13.3 Å². The first-order valence-electron chi connectivity index (χ1n) is 3.99. The Balaban J connectivity index is 2.38. The van der Waals surface area contributed by atoms with Crippen LogP contribution in [0.4, 0.5) is 5.82 Å². The molecule has 0 amide bonds. The molecular weight excluding hydrogens is 150 g/mol. The van der Waals surface area contributed by atoms with E-state index in [1.165, 1.54) is 11.9 Å². The van der Waals surface area contributed by atoms with Gasteiger partial charge in [0.15, 0.2) is 0 Å². The molecule has 0 radical (unpaired) electrons. The van der Waals surface area contributed by atoms with E-state index in [2.05, 4.69) is 28.8 Å². The molecule has 3 nitrogen and oxygen atoms in total. The van der Waals surface area contributed by atoms with E-state index in [0.717, 1.165) is 18.8 Å². The van der Waals surface area contributed by atoms with Crippen molar-refractivity contribution in [3.63, 3.8) is 0 Å². The Hall–Kier alpha value is -1.38. The summed E-state index contributed by atoms with van der Waals surface area (Å²) < 4.78 is 0. The van der Waals surface area contributed by atoms with Gasteiger partial charge in [0.1, 0.15) is 12.1 Å². The van der Waals surface area contributed by atoms with Gasteiger partial charge in [-0.2, -0.15) is 0 Å².